The van der Waals surface area contributed by atoms with Gasteiger partial charge in [-0.3, -0.25) is 0 Å². The summed E-state index contributed by atoms with van der Waals surface area (Å²) in [6, 6.07) is 11.3. The molecule has 0 N–H and O–H groups in total. The maximum atomic E-state index is 13.1. The van der Waals surface area contributed by atoms with Crippen molar-refractivity contribution in [3.63, 3.8) is 0 Å². The molecule has 0 amide bonds. The number of hydrogen-bond donors (Lipinski definition) is 0. The maximum Gasteiger partial charge on any atom is 0.246 e. The highest BCUT2D eigenvalue weighted by Gasteiger charge is 2.31. The van der Waals surface area contributed by atoms with E-state index < -0.39 is 10.0 Å². The third-order valence-corrected chi connectivity index (χ3v) is 7.31. The second-order valence-corrected chi connectivity index (χ2v) is 9.23. The predicted octanol–water partition coefficient (Wildman–Crippen LogP) is 3.59. The van der Waals surface area contributed by atoms with Crippen molar-refractivity contribution in [3.05, 3.63) is 52.0 Å². The average Bonchev–Trinajstić information content (AvgIpc) is 2.64. The second-order valence-electron chi connectivity index (χ2n) is 6.41. The zero-order valence-electron chi connectivity index (χ0n) is 15.2. The molecule has 0 unspecified atom stereocenters. The Morgan fingerprint density at radius 1 is 1.04 bits per heavy atom. The van der Waals surface area contributed by atoms with Crippen molar-refractivity contribution in [2.45, 2.75) is 18.7 Å². The van der Waals surface area contributed by atoms with Gasteiger partial charge in [-0.25, -0.2) is 8.42 Å². The van der Waals surface area contributed by atoms with Crippen LogP contribution in [0.25, 0.3) is 0 Å². The molecule has 1 saturated heterocycles. The van der Waals surface area contributed by atoms with Crippen LogP contribution in [-0.2, 0) is 10.0 Å². The Labute approximate surface area is 163 Å². The van der Waals surface area contributed by atoms with E-state index in [0.29, 0.717) is 36.4 Å². The van der Waals surface area contributed by atoms with Gasteiger partial charge in [-0.2, -0.15) is 4.31 Å². The number of halogens is 1. The molecule has 3 rings (SSSR count). The molecule has 7 heteroatoms. The largest absolute Gasteiger partial charge is 0.495 e. The van der Waals surface area contributed by atoms with Crippen LogP contribution in [0.4, 0.5) is 5.69 Å². The van der Waals surface area contributed by atoms with Crippen LogP contribution in [0.1, 0.15) is 11.1 Å². The molecule has 0 saturated carbocycles. The first-order valence-electron chi connectivity index (χ1n) is 8.49. The van der Waals surface area contributed by atoms with Gasteiger partial charge < -0.3 is 9.64 Å². The molecule has 26 heavy (non-hydrogen) atoms. The smallest absolute Gasteiger partial charge is 0.246 e. The van der Waals surface area contributed by atoms with Crippen LogP contribution in [0.5, 0.6) is 5.75 Å². The highest BCUT2D eigenvalue weighted by molar-refractivity contribution is 9.10. The minimum Gasteiger partial charge on any atom is -0.495 e. The second kappa shape index (κ2) is 7.58. The third kappa shape index (κ3) is 3.61. The maximum absolute atomic E-state index is 13.1. The minimum atomic E-state index is -3.60. The number of rotatable bonds is 4. The summed E-state index contributed by atoms with van der Waals surface area (Å²) in [6.07, 6.45) is 0. The number of anilines is 1. The number of hydrogen-bond acceptors (Lipinski definition) is 4. The van der Waals surface area contributed by atoms with Crippen LogP contribution in [0.15, 0.2) is 45.8 Å². The predicted molar refractivity (Wildman–Crippen MR) is 108 cm³/mol. The summed E-state index contributed by atoms with van der Waals surface area (Å²) in [4.78, 5) is 2.46. The summed E-state index contributed by atoms with van der Waals surface area (Å²) in [5, 5.41) is 0. The number of sulfonamides is 1. The molecule has 0 radical (unpaired) electrons. The molecule has 0 spiro atoms. The number of nitrogens with zero attached hydrogens (tertiary/aromatic N) is 2. The van der Waals surface area contributed by atoms with Gasteiger partial charge in [0.25, 0.3) is 0 Å². The molecule has 140 valence electrons. The molecule has 0 bridgehead atoms. The highest BCUT2D eigenvalue weighted by Crippen LogP contribution is 2.31. The van der Waals surface area contributed by atoms with Crippen LogP contribution in [0.2, 0.25) is 0 Å². The van der Waals surface area contributed by atoms with Gasteiger partial charge in [0.2, 0.25) is 10.0 Å². The van der Waals surface area contributed by atoms with Gasteiger partial charge in [0.15, 0.2) is 0 Å². The first-order valence-corrected chi connectivity index (χ1v) is 10.7. The summed E-state index contributed by atoms with van der Waals surface area (Å²) in [6.45, 7) is 6.44. The van der Waals surface area contributed by atoms with E-state index in [1.54, 1.807) is 22.5 Å². The number of aryl methyl sites for hydroxylation is 1. The molecule has 0 atom stereocenters. The fourth-order valence-electron chi connectivity index (χ4n) is 3.24. The van der Waals surface area contributed by atoms with Gasteiger partial charge in [-0.05, 0) is 49.2 Å². The van der Waals surface area contributed by atoms with E-state index in [-0.39, 0.29) is 4.90 Å². The number of ether oxygens (including phenoxy) is 1. The van der Waals surface area contributed by atoms with E-state index in [1.807, 2.05) is 6.07 Å². The summed E-state index contributed by atoms with van der Waals surface area (Å²) < 4.78 is 33.7. The molecule has 1 fully saturated rings. The Bertz CT molecular complexity index is 907. The lowest BCUT2D eigenvalue weighted by Crippen LogP contribution is -2.48. The van der Waals surface area contributed by atoms with Crippen LogP contribution in [0, 0.1) is 13.8 Å². The first kappa shape index (κ1) is 19.2. The van der Waals surface area contributed by atoms with Crippen LogP contribution in [0.3, 0.4) is 0 Å². The third-order valence-electron chi connectivity index (χ3n) is 4.90. The van der Waals surface area contributed by atoms with E-state index in [9.17, 15) is 8.42 Å². The lowest BCUT2D eigenvalue weighted by atomic mass is 10.1. The number of benzene rings is 2. The van der Waals surface area contributed by atoms with Crippen molar-refractivity contribution in [2.75, 3.05) is 38.2 Å². The summed E-state index contributed by atoms with van der Waals surface area (Å²) >= 11 is 3.35. The molecule has 5 nitrogen and oxygen atoms in total. The van der Waals surface area contributed by atoms with Gasteiger partial charge in [0.1, 0.15) is 10.6 Å². The minimum absolute atomic E-state index is 0.203. The molecule has 1 aliphatic rings. The topological polar surface area (TPSA) is 49.9 Å². The summed E-state index contributed by atoms with van der Waals surface area (Å²) in [7, 11) is -2.11. The first-order chi connectivity index (χ1) is 12.3. The molecular weight excluding hydrogens is 416 g/mol. The normalized spacial score (nSPS) is 15.9. The standard InChI is InChI=1S/C19H23BrN2O3S/c1-14-5-4-6-17(15(14)2)21-9-11-22(12-10-21)26(23,24)19-13-16(20)7-8-18(19)25-3/h4-8,13H,9-12H2,1-3H3. The van der Waals surface area contributed by atoms with Gasteiger partial charge in [-0.15, -0.1) is 0 Å². The molecule has 1 aliphatic heterocycles. The molecule has 1 heterocycles. The molecule has 2 aromatic carbocycles. The number of piperazine rings is 1. The van der Waals surface area contributed by atoms with Gasteiger partial charge >= 0.3 is 0 Å². The molecule has 2 aromatic rings. The fraction of sp³-hybridized carbons (Fsp3) is 0.368. The van der Waals surface area contributed by atoms with Crippen molar-refractivity contribution >= 4 is 31.6 Å². The van der Waals surface area contributed by atoms with Gasteiger partial charge in [0.05, 0.1) is 7.11 Å². The SMILES string of the molecule is COc1ccc(Br)cc1S(=O)(=O)N1CCN(c2cccc(C)c2C)CC1. The van der Waals surface area contributed by atoms with Crippen molar-refractivity contribution in [1.29, 1.82) is 0 Å². The van der Waals surface area contributed by atoms with E-state index in [2.05, 4.69) is 46.8 Å². The van der Waals surface area contributed by atoms with E-state index >= 15 is 0 Å². The van der Waals surface area contributed by atoms with E-state index in [4.69, 9.17) is 4.74 Å². The monoisotopic (exact) mass is 438 g/mol. The van der Waals surface area contributed by atoms with Crippen molar-refractivity contribution in [1.82, 2.24) is 4.31 Å². The van der Waals surface area contributed by atoms with E-state index in [1.165, 1.54) is 23.9 Å². The lowest BCUT2D eigenvalue weighted by Gasteiger charge is -2.36. The molecule has 0 aromatic heterocycles. The Morgan fingerprint density at radius 2 is 1.73 bits per heavy atom. The zero-order chi connectivity index (χ0) is 18.9. The molecular formula is C19H23BrN2O3S. The van der Waals surface area contributed by atoms with Crippen LogP contribution < -0.4 is 9.64 Å². The van der Waals surface area contributed by atoms with Crippen molar-refractivity contribution < 1.29 is 13.2 Å². The Balaban J connectivity index is 1.81. The Kier molecular flexibility index (Phi) is 5.60. The summed E-state index contributed by atoms with van der Waals surface area (Å²) in [5.74, 6) is 0.366. The van der Waals surface area contributed by atoms with Crippen LogP contribution >= 0.6 is 15.9 Å². The number of methoxy groups -OCH3 is 1. The van der Waals surface area contributed by atoms with Crippen molar-refractivity contribution in [3.8, 4) is 5.75 Å². The van der Waals surface area contributed by atoms with Crippen molar-refractivity contribution in [2.24, 2.45) is 0 Å². The quantitative estimate of drug-likeness (QED) is 0.731. The highest BCUT2D eigenvalue weighted by atomic mass is 79.9. The Morgan fingerprint density at radius 3 is 2.38 bits per heavy atom. The fourth-order valence-corrected chi connectivity index (χ4v) is 5.36. The molecule has 0 aliphatic carbocycles. The van der Waals surface area contributed by atoms with E-state index in [0.717, 1.165) is 0 Å². The zero-order valence-corrected chi connectivity index (χ0v) is 17.6. The average molecular weight is 439 g/mol. The Hall–Kier alpha value is -1.57. The van der Waals surface area contributed by atoms with Gasteiger partial charge in [0, 0.05) is 36.3 Å². The summed E-state index contributed by atoms with van der Waals surface area (Å²) in [5.41, 5.74) is 3.68. The van der Waals surface area contributed by atoms with Gasteiger partial charge in [-0.1, -0.05) is 28.1 Å². The van der Waals surface area contributed by atoms with Crippen LogP contribution in [-0.4, -0.2) is 46.0 Å². The lowest BCUT2D eigenvalue weighted by molar-refractivity contribution is 0.374.